The van der Waals surface area contributed by atoms with E-state index in [4.69, 9.17) is 0 Å². The molecule has 1 aliphatic carbocycles. The van der Waals surface area contributed by atoms with E-state index in [1.54, 1.807) is 18.5 Å². The number of nitrogens with one attached hydrogen (secondary N) is 1. The first-order valence-corrected chi connectivity index (χ1v) is 6.11. The van der Waals surface area contributed by atoms with Crippen LogP contribution in [0.3, 0.4) is 0 Å². The predicted octanol–water partition coefficient (Wildman–Crippen LogP) is 0.426. The largest absolute Gasteiger partial charge is 0.339 e. The number of amides is 2. The summed E-state index contributed by atoms with van der Waals surface area (Å²) in [5.74, 6) is -0.0638. The van der Waals surface area contributed by atoms with Crippen molar-refractivity contribution in [3.8, 4) is 0 Å². The Balaban J connectivity index is 1.62. The maximum Gasteiger partial charge on any atom is 0.232 e. The lowest BCUT2D eigenvalue weighted by atomic mass is 10.1. The molecule has 1 unspecified atom stereocenters. The van der Waals surface area contributed by atoms with Crippen molar-refractivity contribution in [1.82, 2.24) is 14.9 Å². The van der Waals surface area contributed by atoms with Gasteiger partial charge in [-0.2, -0.15) is 0 Å². The molecule has 0 aromatic carbocycles. The summed E-state index contributed by atoms with van der Waals surface area (Å²) in [6.07, 6.45) is 5.58. The van der Waals surface area contributed by atoms with Gasteiger partial charge in [0.1, 0.15) is 0 Å². The van der Waals surface area contributed by atoms with Crippen molar-refractivity contribution in [2.24, 2.45) is 5.92 Å². The molecule has 2 amide bonds. The molecule has 6 heteroatoms. The highest BCUT2D eigenvalue weighted by Gasteiger charge is 2.41. The van der Waals surface area contributed by atoms with Crippen molar-refractivity contribution in [3.63, 3.8) is 0 Å². The van der Waals surface area contributed by atoms with E-state index in [2.05, 4.69) is 15.3 Å². The fourth-order valence-electron chi connectivity index (χ4n) is 2.22. The van der Waals surface area contributed by atoms with Crippen molar-refractivity contribution >= 4 is 17.8 Å². The summed E-state index contributed by atoms with van der Waals surface area (Å²) in [6, 6.07) is 2.06. The van der Waals surface area contributed by atoms with Crippen molar-refractivity contribution in [2.45, 2.75) is 25.3 Å². The van der Waals surface area contributed by atoms with E-state index in [0.717, 1.165) is 12.8 Å². The van der Waals surface area contributed by atoms with Crippen LogP contribution < -0.4 is 5.32 Å². The number of anilines is 1. The topological polar surface area (TPSA) is 75.2 Å². The monoisotopic (exact) mass is 246 g/mol. The molecule has 1 aromatic heterocycles. The first-order valence-electron chi connectivity index (χ1n) is 6.11. The van der Waals surface area contributed by atoms with Gasteiger partial charge >= 0.3 is 0 Å². The number of carbonyl (C=O) groups excluding carboxylic acids is 2. The van der Waals surface area contributed by atoms with E-state index in [0.29, 0.717) is 25.0 Å². The van der Waals surface area contributed by atoms with E-state index in [1.807, 2.05) is 4.90 Å². The molecule has 0 radical (unpaired) electrons. The smallest absolute Gasteiger partial charge is 0.232 e. The molecule has 1 atom stereocenters. The maximum absolute atomic E-state index is 12.0. The molecule has 0 spiro atoms. The molecule has 3 rings (SSSR count). The summed E-state index contributed by atoms with van der Waals surface area (Å²) in [6.45, 7) is 0.530. The minimum atomic E-state index is -0.276. The van der Waals surface area contributed by atoms with E-state index in [-0.39, 0.29) is 17.7 Å². The quantitative estimate of drug-likeness (QED) is 0.839. The predicted molar refractivity (Wildman–Crippen MR) is 63.5 cm³/mol. The molecule has 1 saturated carbocycles. The normalized spacial score (nSPS) is 23.2. The second kappa shape index (κ2) is 4.36. The van der Waals surface area contributed by atoms with Gasteiger partial charge in [0.2, 0.25) is 17.8 Å². The average Bonchev–Trinajstić information content (AvgIpc) is 3.14. The van der Waals surface area contributed by atoms with Gasteiger partial charge in [-0.1, -0.05) is 0 Å². The second-order valence-corrected chi connectivity index (χ2v) is 4.74. The first-order chi connectivity index (χ1) is 8.74. The summed E-state index contributed by atoms with van der Waals surface area (Å²) in [5.41, 5.74) is 0. The molecule has 1 saturated heterocycles. The van der Waals surface area contributed by atoms with Crippen LogP contribution in [0.5, 0.6) is 0 Å². The van der Waals surface area contributed by atoms with Gasteiger partial charge in [0.05, 0.1) is 5.92 Å². The lowest BCUT2D eigenvalue weighted by molar-refractivity contribution is -0.128. The third-order valence-corrected chi connectivity index (χ3v) is 3.32. The van der Waals surface area contributed by atoms with Gasteiger partial charge in [-0.05, 0) is 18.9 Å². The Morgan fingerprint density at radius 2 is 2.06 bits per heavy atom. The molecule has 2 heterocycles. The SMILES string of the molecule is O=C(Nc1ncccn1)C1CC(=O)N(C2CC2)C1. The molecule has 1 aromatic rings. The Morgan fingerprint density at radius 3 is 2.72 bits per heavy atom. The van der Waals surface area contributed by atoms with Crippen molar-refractivity contribution < 1.29 is 9.59 Å². The first kappa shape index (κ1) is 11.1. The van der Waals surface area contributed by atoms with E-state index in [9.17, 15) is 9.59 Å². The molecule has 94 valence electrons. The summed E-state index contributed by atoms with van der Waals surface area (Å²) < 4.78 is 0. The van der Waals surface area contributed by atoms with Gasteiger partial charge in [-0.25, -0.2) is 9.97 Å². The van der Waals surface area contributed by atoms with Crippen LogP contribution in [0.25, 0.3) is 0 Å². The molecular formula is C12H14N4O2. The third-order valence-electron chi connectivity index (χ3n) is 3.32. The van der Waals surface area contributed by atoms with E-state index < -0.39 is 0 Å². The molecule has 2 fully saturated rings. The van der Waals surface area contributed by atoms with Crippen LogP contribution in [0.2, 0.25) is 0 Å². The van der Waals surface area contributed by atoms with Crippen LogP contribution in [-0.4, -0.2) is 39.3 Å². The lowest BCUT2D eigenvalue weighted by Gasteiger charge is -2.14. The Hall–Kier alpha value is -1.98. The van der Waals surface area contributed by atoms with Crippen LogP contribution in [0.1, 0.15) is 19.3 Å². The molecule has 1 N–H and O–H groups in total. The lowest BCUT2D eigenvalue weighted by Crippen LogP contribution is -2.30. The molecule has 0 bridgehead atoms. The molecule has 18 heavy (non-hydrogen) atoms. The fraction of sp³-hybridized carbons (Fsp3) is 0.500. The zero-order valence-electron chi connectivity index (χ0n) is 9.87. The van der Waals surface area contributed by atoms with Crippen molar-refractivity contribution in [2.75, 3.05) is 11.9 Å². The fourth-order valence-corrected chi connectivity index (χ4v) is 2.22. The Bertz CT molecular complexity index is 472. The second-order valence-electron chi connectivity index (χ2n) is 4.74. The number of rotatable bonds is 3. The van der Waals surface area contributed by atoms with Gasteiger partial charge in [-0.3, -0.25) is 14.9 Å². The molecule has 2 aliphatic rings. The zero-order valence-corrected chi connectivity index (χ0v) is 9.87. The standard InChI is InChI=1S/C12H14N4O2/c17-10-6-8(7-16(10)9-2-3-9)11(18)15-12-13-4-1-5-14-12/h1,4-5,8-9H,2-3,6-7H2,(H,13,14,15,18). The van der Waals surface area contributed by atoms with Crippen LogP contribution in [0, 0.1) is 5.92 Å². The van der Waals surface area contributed by atoms with Crippen LogP contribution in [0.4, 0.5) is 5.95 Å². The highest BCUT2D eigenvalue weighted by Crippen LogP contribution is 2.32. The number of hydrogen-bond acceptors (Lipinski definition) is 4. The number of nitrogens with zero attached hydrogens (tertiary/aromatic N) is 3. The summed E-state index contributed by atoms with van der Waals surface area (Å²) >= 11 is 0. The minimum Gasteiger partial charge on any atom is -0.339 e. The van der Waals surface area contributed by atoms with Crippen molar-refractivity contribution in [3.05, 3.63) is 18.5 Å². The number of carbonyl (C=O) groups is 2. The van der Waals surface area contributed by atoms with Crippen LogP contribution in [0.15, 0.2) is 18.5 Å². The molecular weight excluding hydrogens is 232 g/mol. The summed E-state index contributed by atoms with van der Waals surface area (Å²) in [4.78, 5) is 33.4. The van der Waals surface area contributed by atoms with E-state index in [1.165, 1.54) is 0 Å². The summed E-state index contributed by atoms with van der Waals surface area (Å²) in [5, 5.41) is 2.64. The van der Waals surface area contributed by atoms with Gasteiger partial charge in [0.25, 0.3) is 0 Å². The highest BCUT2D eigenvalue weighted by atomic mass is 16.2. The van der Waals surface area contributed by atoms with Crippen LogP contribution >= 0.6 is 0 Å². The van der Waals surface area contributed by atoms with Gasteiger partial charge in [0.15, 0.2) is 0 Å². The van der Waals surface area contributed by atoms with Gasteiger partial charge < -0.3 is 4.90 Å². The number of hydrogen-bond donors (Lipinski definition) is 1. The van der Waals surface area contributed by atoms with Gasteiger partial charge in [-0.15, -0.1) is 0 Å². The Morgan fingerprint density at radius 1 is 1.33 bits per heavy atom. The number of aromatic nitrogens is 2. The zero-order chi connectivity index (χ0) is 12.5. The Kier molecular flexibility index (Phi) is 2.70. The average molecular weight is 246 g/mol. The summed E-state index contributed by atoms with van der Waals surface area (Å²) in [7, 11) is 0. The van der Waals surface area contributed by atoms with Crippen molar-refractivity contribution in [1.29, 1.82) is 0 Å². The van der Waals surface area contributed by atoms with Crippen LogP contribution in [-0.2, 0) is 9.59 Å². The third kappa shape index (κ3) is 2.18. The van der Waals surface area contributed by atoms with Gasteiger partial charge in [0, 0.05) is 31.4 Å². The minimum absolute atomic E-state index is 0.0895. The molecule has 1 aliphatic heterocycles. The molecule has 6 nitrogen and oxygen atoms in total. The van der Waals surface area contributed by atoms with E-state index >= 15 is 0 Å². The number of likely N-dealkylation sites (tertiary alicyclic amines) is 1. The maximum atomic E-state index is 12.0. The highest BCUT2D eigenvalue weighted by molar-refractivity contribution is 5.96. The Labute approximate surface area is 104 Å².